The number of fused-ring (bicyclic) bond motifs is 1. The second-order valence-electron chi connectivity index (χ2n) is 5.40. The van der Waals surface area contributed by atoms with Crippen LogP contribution in [-0.4, -0.2) is 18.0 Å². The van der Waals surface area contributed by atoms with Crippen LogP contribution in [0.15, 0.2) is 30.3 Å². The molecule has 0 saturated carbocycles. The van der Waals surface area contributed by atoms with Gasteiger partial charge in [-0.3, -0.25) is 0 Å². The average molecular weight is 281 g/mol. The molecule has 0 radical (unpaired) electrons. The molecular formula is C15H17ClO3. The SMILES string of the molecule is CC1(C)OO[C@H]2C(c3ccc(Cl)cc3)=CCC[C@@H]2O1. The normalized spacial score (nSPS) is 29.5. The van der Waals surface area contributed by atoms with Crippen LogP contribution in [0.5, 0.6) is 0 Å². The molecule has 2 aliphatic rings. The zero-order chi connectivity index (χ0) is 13.5. The van der Waals surface area contributed by atoms with Crippen LogP contribution >= 0.6 is 11.6 Å². The highest BCUT2D eigenvalue weighted by Crippen LogP contribution is 2.37. The molecule has 0 aromatic heterocycles. The minimum absolute atomic E-state index is 0.0411. The van der Waals surface area contributed by atoms with Gasteiger partial charge < -0.3 is 4.74 Å². The number of hydrogen-bond acceptors (Lipinski definition) is 3. The largest absolute Gasteiger partial charge is 0.341 e. The number of rotatable bonds is 1. The standard InChI is InChI=1S/C15H17ClO3/c1-15(2)17-13-5-3-4-12(14(13)18-19-15)10-6-8-11(16)9-7-10/h4,6-9,13-14H,3,5H2,1-2H3/t13-,14-/m0/s1. The second kappa shape index (κ2) is 4.91. The number of hydrogen-bond donors (Lipinski definition) is 0. The summed E-state index contributed by atoms with van der Waals surface area (Å²) in [5.74, 6) is -0.677. The Hall–Kier alpha value is -0.870. The van der Waals surface area contributed by atoms with Gasteiger partial charge in [0.2, 0.25) is 0 Å². The van der Waals surface area contributed by atoms with Gasteiger partial charge in [-0.15, -0.1) is 0 Å². The predicted molar refractivity (Wildman–Crippen MR) is 73.6 cm³/mol. The third-order valence-corrected chi connectivity index (χ3v) is 3.68. The van der Waals surface area contributed by atoms with Crippen molar-refractivity contribution in [3.05, 3.63) is 40.9 Å². The Morgan fingerprint density at radius 3 is 2.68 bits per heavy atom. The van der Waals surface area contributed by atoms with Crippen molar-refractivity contribution < 1.29 is 14.5 Å². The molecule has 1 saturated heterocycles. The fourth-order valence-electron chi connectivity index (χ4n) is 2.58. The average Bonchev–Trinajstić information content (AvgIpc) is 2.37. The molecule has 0 spiro atoms. The van der Waals surface area contributed by atoms with Crippen LogP contribution in [0.2, 0.25) is 5.02 Å². The van der Waals surface area contributed by atoms with Gasteiger partial charge in [-0.1, -0.05) is 29.8 Å². The molecule has 0 amide bonds. The maximum atomic E-state index is 5.94. The first-order valence-corrected chi connectivity index (χ1v) is 6.91. The maximum Gasteiger partial charge on any atom is 0.196 e. The lowest BCUT2D eigenvalue weighted by atomic mass is 9.88. The second-order valence-corrected chi connectivity index (χ2v) is 5.84. The molecule has 3 rings (SSSR count). The lowest BCUT2D eigenvalue weighted by Gasteiger charge is -2.42. The van der Waals surface area contributed by atoms with Crippen molar-refractivity contribution in [3.8, 4) is 0 Å². The first-order chi connectivity index (χ1) is 9.05. The van der Waals surface area contributed by atoms with E-state index in [9.17, 15) is 0 Å². The van der Waals surface area contributed by atoms with Crippen molar-refractivity contribution in [1.29, 1.82) is 0 Å². The van der Waals surface area contributed by atoms with E-state index in [-0.39, 0.29) is 12.2 Å². The van der Waals surface area contributed by atoms with Crippen LogP contribution in [0.3, 0.4) is 0 Å². The van der Waals surface area contributed by atoms with Crippen LogP contribution in [0.25, 0.3) is 5.57 Å². The van der Waals surface area contributed by atoms with E-state index >= 15 is 0 Å². The smallest absolute Gasteiger partial charge is 0.196 e. The summed E-state index contributed by atoms with van der Waals surface area (Å²) in [7, 11) is 0. The highest BCUT2D eigenvalue weighted by atomic mass is 35.5. The molecule has 1 aliphatic carbocycles. The van der Waals surface area contributed by atoms with Crippen molar-refractivity contribution in [2.24, 2.45) is 0 Å². The van der Waals surface area contributed by atoms with E-state index in [2.05, 4.69) is 6.08 Å². The van der Waals surface area contributed by atoms with Crippen LogP contribution in [-0.2, 0) is 14.5 Å². The zero-order valence-electron chi connectivity index (χ0n) is 11.1. The van der Waals surface area contributed by atoms with E-state index in [0.717, 1.165) is 29.0 Å². The summed E-state index contributed by atoms with van der Waals surface area (Å²) >= 11 is 5.93. The number of allylic oxidation sites excluding steroid dienone is 1. The molecule has 1 aromatic rings. The van der Waals surface area contributed by atoms with Gasteiger partial charge in [0.25, 0.3) is 0 Å². The minimum atomic E-state index is -0.677. The van der Waals surface area contributed by atoms with Crippen LogP contribution in [0.1, 0.15) is 32.3 Å². The summed E-state index contributed by atoms with van der Waals surface area (Å²) in [6.07, 6.45) is 4.00. The minimum Gasteiger partial charge on any atom is -0.341 e. The van der Waals surface area contributed by atoms with E-state index in [0.29, 0.717) is 0 Å². The Morgan fingerprint density at radius 2 is 1.95 bits per heavy atom. The topological polar surface area (TPSA) is 27.7 Å². The van der Waals surface area contributed by atoms with Crippen molar-refractivity contribution >= 4 is 17.2 Å². The molecule has 0 N–H and O–H groups in total. The number of ether oxygens (including phenoxy) is 1. The predicted octanol–water partition coefficient (Wildman–Crippen LogP) is 3.97. The third-order valence-electron chi connectivity index (χ3n) is 3.42. The molecule has 0 bridgehead atoms. The van der Waals surface area contributed by atoms with Gasteiger partial charge in [0.15, 0.2) is 5.79 Å². The fraction of sp³-hybridized carbons (Fsp3) is 0.467. The molecule has 102 valence electrons. The van der Waals surface area contributed by atoms with Gasteiger partial charge in [-0.2, -0.15) is 0 Å². The van der Waals surface area contributed by atoms with E-state index in [4.69, 9.17) is 26.1 Å². The molecule has 0 unspecified atom stereocenters. The molecule has 19 heavy (non-hydrogen) atoms. The highest BCUT2D eigenvalue weighted by Gasteiger charge is 2.41. The summed E-state index contributed by atoms with van der Waals surface area (Å²) in [4.78, 5) is 10.9. The fourth-order valence-corrected chi connectivity index (χ4v) is 2.71. The number of benzene rings is 1. The summed E-state index contributed by atoms with van der Waals surface area (Å²) in [6.45, 7) is 3.73. The summed E-state index contributed by atoms with van der Waals surface area (Å²) in [5, 5.41) is 0.731. The Morgan fingerprint density at radius 1 is 1.21 bits per heavy atom. The molecular weight excluding hydrogens is 264 g/mol. The first-order valence-electron chi connectivity index (χ1n) is 6.53. The molecule has 4 heteroatoms. The van der Waals surface area contributed by atoms with E-state index in [1.807, 2.05) is 38.1 Å². The quantitative estimate of drug-likeness (QED) is 0.729. The Kier molecular flexibility index (Phi) is 3.39. The van der Waals surface area contributed by atoms with Crippen LogP contribution in [0.4, 0.5) is 0 Å². The van der Waals surface area contributed by atoms with Crippen molar-refractivity contribution in [3.63, 3.8) is 0 Å². The van der Waals surface area contributed by atoms with Gasteiger partial charge in [-0.05, 0) is 50.0 Å². The van der Waals surface area contributed by atoms with Gasteiger partial charge in [-0.25, -0.2) is 9.78 Å². The van der Waals surface area contributed by atoms with Crippen molar-refractivity contribution in [2.75, 3.05) is 0 Å². The molecule has 2 atom stereocenters. The summed E-state index contributed by atoms with van der Waals surface area (Å²) in [5.41, 5.74) is 2.22. The molecule has 3 nitrogen and oxygen atoms in total. The van der Waals surface area contributed by atoms with E-state index in [1.54, 1.807) is 0 Å². The van der Waals surface area contributed by atoms with E-state index < -0.39 is 5.79 Å². The van der Waals surface area contributed by atoms with Crippen molar-refractivity contribution in [2.45, 2.75) is 44.7 Å². The van der Waals surface area contributed by atoms with Gasteiger partial charge >= 0.3 is 0 Å². The maximum absolute atomic E-state index is 5.94. The lowest BCUT2D eigenvalue weighted by molar-refractivity contribution is -0.484. The van der Waals surface area contributed by atoms with Crippen LogP contribution in [0, 0.1) is 0 Å². The number of halogens is 1. The summed E-state index contributed by atoms with van der Waals surface area (Å²) in [6, 6.07) is 7.77. The molecule has 1 fully saturated rings. The van der Waals surface area contributed by atoms with Crippen LogP contribution < -0.4 is 0 Å². The molecule has 1 aromatic carbocycles. The van der Waals surface area contributed by atoms with Crippen molar-refractivity contribution in [1.82, 2.24) is 0 Å². The third kappa shape index (κ3) is 2.70. The van der Waals surface area contributed by atoms with Gasteiger partial charge in [0, 0.05) is 5.02 Å². The molecule has 1 aliphatic heterocycles. The van der Waals surface area contributed by atoms with Gasteiger partial charge in [0.1, 0.15) is 6.10 Å². The Bertz CT molecular complexity index is 493. The van der Waals surface area contributed by atoms with E-state index in [1.165, 1.54) is 0 Å². The van der Waals surface area contributed by atoms with Gasteiger partial charge in [0.05, 0.1) is 6.10 Å². The first kappa shape index (κ1) is 13.1. The lowest BCUT2D eigenvalue weighted by Crippen LogP contribution is -2.48. The monoisotopic (exact) mass is 280 g/mol. The zero-order valence-corrected chi connectivity index (χ0v) is 11.8. The molecule has 1 heterocycles. The Balaban J connectivity index is 1.87. The summed E-state index contributed by atoms with van der Waals surface area (Å²) < 4.78 is 5.94. The Labute approximate surface area is 118 Å². The highest BCUT2D eigenvalue weighted by molar-refractivity contribution is 6.30.